The monoisotopic (exact) mass is 223 g/mol. The van der Waals surface area contributed by atoms with Crippen LogP contribution in [-0.2, 0) is 0 Å². The third-order valence-electron chi connectivity index (χ3n) is 2.55. The number of aromatic carboxylic acids is 1. The first kappa shape index (κ1) is 10.5. The number of carboxylic acid groups (broad SMARTS) is 1. The first-order chi connectivity index (χ1) is 7.22. The van der Waals surface area contributed by atoms with Gasteiger partial charge >= 0.3 is 5.97 Å². The molecule has 0 amide bonds. The van der Waals surface area contributed by atoms with Crippen molar-refractivity contribution in [2.45, 2.75) is 24.5 Å². The number of pyridine rings is 1. The highest BCUT2D eigenvalue weighted by molar-refractivity contribution is 8.00. The van der Waals surface area contributed by atoms with E-state index in [0.717, 1.165) is 5.75 Å². The van der Waals surface area contributed by atoms with Crippen molar-refractivity contribution in [2.75, 3.05) is 5.75 Å². The van der Waals surface area contributed by atoms with Gasteiger partial charge in [0.2, 0.25) is 0 Å². The van der Waals surface area contributed by atoms with Crippen molar-refractivity contribution in [3.05, 3.63) is 29.6 Å². The predicted molar refractivity (Wildman–Crippen MR) is 60.5 cm³/mol. The van der Waals surface area contributed by atoms with Crippen molar-refractivity contribution in [1.29, 1.82) is 0 Å². The standard InChI is InChI=1S/C11H13NO2S/c1-2-15-10-5-8(10)7-3-4-9(11(13)14)12-6-7/h3-4,6,8,10H,2,5H2,1H3,(H,13,14). The number of thioether (sulfide) groups is 1. The fourth-order valence-corrected chi connectivity index (χ4v) is 2.83. The van der Waals surface area contributed by atoms with Crippen LogP contribution in [0.2, 0.25) is 0 Å². The zero-order valence-corrected chi connectivity index (χ0v) is 9.33. The van der Waals surface area contributed by atoms with E-state index in [-0.39, 0.29) is 5.69 Å². The van der Waals surface area contributed by atoms with Gasteiger partial charge in [-0.1, -0.05) is 13.0 Å². The smallest absolute Gasteiger partial charge is 0.354 e. The van der Waals surface area contributed by atoms with Crippen LogP contribution in [0.5, 0.6) is 0 Å². The highest BCUT2D eigenvalue weighted by Crippen LogP contribution is 2.48. The second kappa shape index (κ2) is 4.23. The number of rotatable bonds is 4. The third kappa shape index (κ3) is 2.31. The largest absolute Gasteiger partial charge is 0.477 e. The van der Waals surface area contributed by atoms with Crippen molar-refractivity contribution in [3.63, 3.8) is 0 Å². The number of nitrogens with zero attached hydrogens (tertiary/aromatic N) is 1. The van der Waals surface area contributed by atoms with Crippen LogP contribution < -0.4 is 0 Å². The molecular weight excluding hydrogens is 210 g/mol. The van der Waals surface area contributed by atoms with Gasteiger partial charge < -0.3 is 5.11 Å². The molecule has 1 aliphatic rings. The Labute approximate surface area is 92.9 Å². The van der Waals surface area contributed by atoms with Gasteiger partial charge in [0.05, 0.1) is 0 Å². The van der Waals surface area contributed by atoms with Gasteiger partial charge in [-0.3, -0.25) is 0 Å². The second-order valence-electron chi connectivity index (χ2n) is 3.62. The zero-order valence-electron chi connectivity index (χ0n) is 8.51. The topological polar surface area (TPSA) is 50.2 Å². The highest BCUT2D eigenvalue weighted by Gasteiger charge is 2.38. The Balaban J connectivity index is 2.03. The molecule has 1 heterocycles. The lowest BCUT2D eigenvalue weighted by Gasteiger charge is -1.99. The summed E-state index contributed by atoms with van der Waals surface area (Å²) in [5.74, 6) is 0.768. The minimum absolute atomic E-state index is 0.124. The molecule has 1 N–H and O–H groups in total. The van der Waals surface area contributed by atoms with Gasteiger partial charge in [0.1, 0.15) is 5.69 Å². The summed E-state index contributed by atoms with van der Waals surface area (Å²) in [7, 11) is 0. The van der Waals surface area contributed by atoms with Crippen LogP contribution >= 0.6 is 11.8 Å². The van der Waals surface area contributed by atoms with Gasteiger partial charge in [-0.15, -0.1) is 0 Å². The van der Waals surface area contributed by atoms with Gasteiger partial charge in [-0.25, -0.2) is 9.78 Å². The van der Waals surface area contributed by atoms with Crippen LogP contribution in [0.1, 0.15) is 35.3 Å². The minimum atomic E-state index is -0.961. The number of hydrogen-bond donors (Lipinski definition) is 1. The lowest BCUT2D eigenvalue weighted by Crippen LogP contribution is -2.00. The fourth-order valence-electron chi connectivity index (χ4n) is 1.67. The van der Waals surface area contributed by atoms with Crippen molar-refractivity contribution in [2.24, 2.45) is 0 Å². The summed E-state index contributed by atoms with van der Waals surface area (Å²) in [6.07, 6.45) is 2.90. The number of carboxylic acids is 1. The summed E-state index contributed by atoms with van der Waals surface area (Å²) in [6, 6.07) is 3.47. The van der Waals surface area contributed by atoms with Gasteiger partial charge in [-0.2, -0.15) is 11.8 Å². The van der Waals surface area contributed by atoms with Gasteiger partial charge in [0.25, 0.3) is 0 Å². The summed E-state index contributed by atoms with van der Waals surface area (Å²) < 4.78 is 0. The Morgan fingerprint density at radius 1 is 1.67 bits per heavy atom. The Hall–Kier alpha value is -1.03. The Kier molecular flexibility index (Phi) is 2.95. The van der Waals surface area contributed by atoms with E-state index < -0.39 is 5.97 Å². The van der Waals surface area contributed by atoms with Crippen molar-refractivity contribution >= 4 is 17.7 Å². The lowest BCUT2D eigenvalue weighted by atomic mass is 10.2. The van der Waals surface area contributed by atoms with Crippen molar-refractivity contribution < 1.29 is 9.90 Å². The molecule has 2 atom stereocenters. The van der Waals surface area contributed by atoms with Crippen molar-refractivity contribution in [3.8, 4) is 0 Å². The van der Waals surface area contributed by atoms with Crippen LogP contribution in [0.4, 0.5) is 0 Å². The maximum Gasteiger partial charge on any atom is 0.354 e. The van der Waals surface area contributed by atoms with Crippen molar-refractivity contribution in [1.82, 2.24) is 4.98 Å². The molecule has 0 aliphatic heterocycles. The van der Waals surface area contributed by atoms with E-state index in [2.05, 4.69) is 11.9 Å². The molecule has 1 aromatic rings. The number of carbonyl (C=O) groups is 1. The van der Waals surface area contributed by atoms with E-state index in [4.69, 9.17) is 5.11 Å². The Morgan fingerprint density at radius 2 is 2.47 bits per heavy atom. The zero-order chi connectivity index (χ0) is 10.8. The van der Waals surface area contributed by atoms with Gasteiger partial charge in [0, 0.05) is 11.4 Å². The minimum Gasteiger partial charge on any atom is -0.477 e. The molecule has 3 nitrogen and oxygen atoms in total. The van der Waals surface area contributed by atoms with E-state index in [0.29, 0.717) is 11.2 Å². The molecule has 0 bridgehead atoms. The maximum absolute atomic E-state index is 10.6. The third-order valence-corrected chi connectivity index (χ3v) is 3.83. The Morgan fingerprint density at radius 3 is 3.00 bits per heavy atom. The number of hydrogen-bond acceptors (Lipinski definition) is 3. The molecule has 0 saturated heterocycles. The summed E-state index contributed by atoms with van der Waals surface area (Å²) in [4.78, 5) is 14.5. The van der Waals surface area contributed by atoms with Crippen LogP contribution in [0.3, 0.4) is 0 Å². The van der Waals surface area contributed by atoms with Crippen LogP contribution in [0, 0.1) is 0 Å². The fraction of sp³-hybridized carbons (Fsp3) is 0.455. The first-order valence-corrected chi connectivity index (χ1v) is 6.08. The van der Waals surface area contributed by atoms with E-state index >= 15 is 0 Å². The molecule has 4 heteroatoms. The molecule has 1 saturated carbocycles. The number of aromatic nitrogens is 1. The van der Waals surface area contributed by atoms with Gasteiger partial charge in [-0.05, 0) is 29.7 Å². The molecule has 0 radical (unpaired) electrons. The summed E-state index contributed by atoms with van der Waals surface area (Å²) in [5, 5.41) is 9.41. The molecule has 80 valence electrons. The molecule has 15 heavy (non-hydrogen) atoms. The van der Waals surface area contributed by atoms with Crippen LogP contribution in [-0.4, -0.2) is 27.1 Å². The van der Waals surface area contributed by atoms with E-state index in [9.17, 15) is 4.79 Å². The quantitative estimate of drug-likeness (QED) is 0.851. The summed E-state index contributed by atoms with van der Waals surface area (Å²) in [6.45, 7) is 2.16. The maximum atomic E-state index is 10.6. The van der Waals surface area contributed by atoms with E-state index in [1.807, 2.05) is 17.8 Å². The first-order valence-electron chi connectivity index (χ1n) is 5.03. The summed E-state index contributed by atoms with van der Waals surface area (Å²) >= 11 is 1.97. The second-order valence-corrected chi connectivity index (χ2v) is 5.13. The Bertz CT molecular complexity index is 363. The molecule has 1 fully saturated rings. The molecular formula is C11H13NO2S. The molecule has 2 rings (SSSR count). The summed E-state index contributed by atoms with van der Waals surface area (Å²) in [5.41, 5.74) is 1.30. The predicted octanol–water partition coefficient (Wildman–Crippen LogP) is 2.39. The molecule has 2 unspecified atom stereocenters. The lowest BCUT2D eigenvalue weighted by molar-refractivity contribution is 0.0690. The SMILES string of the molecule is CCSC1CC1c1ccc(C(=O)O)nc1. The van der Waals surface area contributed by atoms with Crippen LogP contribution in [0.25, 0.3) is 0 Å². The molecule has 0 aromatic carbocycles. The van der Waals surface area contributed by atoms with E-state index in [1.165, 1.54) is 12.0 Å². The highest BCUT2D eigenvalue weighted by atomic mass is 32.2. The molecule has 0 spiro atoms. The molecule has 1 aliphatic carbocycles. The normalized spacial score (nSPS) is 23.8. The van der Waals surface area contributed by atoms with E-state index in [1.54, 1.807) is 12.3 Å². The van der Waals surface area contributed by atoms with Crippen LogP contribution in [0.15, 0.2) is 18.3 Å². The molecule has 1 aromatic heterocycles. The average Bonchev–Trinajstić information content (AvgIpc) is 2.98. The average molecular weight is 223 g/mol. The van der Waals surface area contributed by atoms with Gasteiger partial charge in [0.15, 0.2) is 0 Å².